The van der Waals surface area contributed by atoms with Gasteiger partial charge in [0.1, 0.15) is 0 Å². The first-order valence-electron chi connectivity index (χ1n) is 6.67. The molecule has 0 heterocycles. The van der Waals surface area contributed by atoms with Crippen LogP contribution in [0.4, 0.5) is 0 Å². The molecule has 0 aromatic heterocycles. The Labute approximate surface area is 99.6 Å². The molecule has 0 unspecified atom stereocenters. The third-order valence-electron chi connectivity index (χ3n) is 3.06. The molecule has 0 spiro atoms. The zero-order valence-corrected chi connectivity index (χ0v) is 11.0. The predicted octanol–water partition coefficient (Wildman–Crippen LogP) is 2.90. The fraction of sp³-hybridized carbons (Fsp3) is 0.923. The van der Waals surface area contributed by atoms with Gasteiger partial charge in [-0.3, -0.25) is 4.79 Å². The molecule has 0 saturated heterocycles. The van der Waals surface area contributed by atoms with E-state index in [0.29, 0.717) is 5.92 Å². The number of rotatable bonds is 5. The minimum atomic E-state index is -0.607. The summed E-state index contributed by atoms with van der Waals surface area (Å²) in [4.78, 5) is 10.7. The second-order valence-electron chi connectivity index (χ2n) is 4.26. The van der Waals surface area contributed by atoms with Crippen molar-refractivity contribution in [3.05, 3.63) is 0 Å². The monoisotopic (exact) mass is 229 g/mol. The highest BCUT2D eigenvalue weighted by atomic mass is 16.4. The second kappa shape index (κ2) is 9.64. The molecule has 0 atom stereocenters. The Bertz CT molecular complexity index is 175. The van der Waals surface area contributed by atoms with Gasteiger partial charge >= 0.3 is 5.97 Å². The van der Waals surface area contributed by atoms with Crippen LogP contribution in [0.5, 0.6) is 0 Å². The van der Waals surface area contributed by atoms with Gasteiger partial charge in [0, 0.05) is 0 Å². The van der Waals surface area contributed by atoms with E-state index >= 15 is 0 Å². The standard InChI is InChI=1S/C11H21NO2.C2H6/c1-2-7-12-8-9-3-5-10(6-4-9)11(13)14;1-2/h9-10,12H,2-8H2,1H3,(H,13,14);1-2H3. The summed E-state index contributed by atoms with van der Waals surface area (Å²) in [5.74, 6) is 0.0274. The van der Waals surface area contributed by atoms with Gasteiger partial charge in [0.25, 0.3) is 0 Å². The second-order valence-corrected chi connectivity index (χ2v) is 4.26. The molecule has 1 aliphatic carbocycles. The first kappa shape index (κ1) is 15.4. The predicted molar refractivity (Wildman–Crippen MR) is 67.6 cm³/mol. The maximum Gasteiger partial charge on any atom is 0.306 e. The van der Waals surface area contributed by atoms with Crippen LogP contribution in [0.2, 0.25) is 0 Å². The molecule has 16 heavy (non-hydrogen) atoms. The van der Waals surface area contributed by atoms with Crippen LogP contribution >= 0.6 is 0 Å². The van der Waals surface area contributed by atoms with E-state index in [4.69, 9.17) is 5.11 Å². The molecule has 0 aromatic carbocycles. The zero-order chi connectivity index (χ0) is 12.4. The average molecular weight is 229 g/mol. The molecular weight excluding hydrogens is 202 g/mol. The van der Waals surface area contributed by atoms with E-state index in [1.54, 1.807) is 0 Å². The lowest BCUT2D eigenvalue weighted by Gasteiger charge is -2.26. The highest BCUT2D eigenvalue weighted by Gasteiger charge is 2.25. The number of hydrogen-bond acceptors (Lipinski definition) is 2. The van der Waals surface area contributed by atoms with Gasteiger partial charge in [0.2, 0.25) is 0 Å². The van der Waals surface area contributed by atoms with Crippen molar-refractivity contribution >= 4 is 5.97 Å². The van der Waals surface area contributed by atoms with Crippen molar-refractivity contribution in [3.63, 3.8) is 0 Å². The van der Waals surface area contributed by atoms with Crippen molar-refractivity contribution < 1.29 is 9.90 Å². The highest BCUT2D eigenvalue weighted by molar-refractivity contribution is 5.69. The largest absolute Gasteiger partial charge is 0.481 e. The van der Waals surface area contributed by atoms with E-state index in [1.165, 1.54) is 6.42 Å². The molecule has 1 rings (SSSR count). The number of aliphatic carboxylic acids is 1. The Hall–Kier alpha value is -0.570. The first-order valence-corrected chi connectivity index (χ1v) is 6.67. The van der Waals surface area contributed by atoms with Gasteiger partial charge in [-0.1, -0.05) is 20.8 Å². The summed E-state index contributed by atoms with van der Waals surface area (Å²) < 4.78 is 0. The smallest absolute Gasteiger partial charge is 0.306 e. The van der Waals surface area contributed by atoms with Gasteiger partial charge in [-0.25, -0.2) is 0 Å². The summed E-state index contributed by atoms with van der Waals surface area (Å²) in [5, 5.41) is 12.2. The van der Waals surface area contributed by atoms with E-state index < -0.39 is 5.97 Å². The van der Waals surface area contributed by atoms with Gasteiger partial charge in [-0.05, 0) is 51.1 Å². The van der Waals surface area contributed by atoms with E-state index in [-0.39, 0.29) is 5.92 Å². The molecule has 0 amide bonds. The fourth-order valence-corrected chi connectivity index (χ4v) is 2.10. The summed E-state index contributed by atoms with van der Waals surface area (Å²) >= 11 is 0. The number of carboxylic acid groups (broad SMARTS) is 1. The van der Waals surface area contributed by atoms with Gasteiger partial charge in [0.15, 0.2) is 0 Å². The number of carboxylic acids is 1. The van der Waals surface area contributed by atoms with Gasteiger partial charge in [0.05, 0.1) is 5.92 Å². The lowest BCUT2D eigenvalue weighted by Crippen LogP contribution is -2.29. The maximum atomic E-state index is 10.7. The van der Waals surface area contributed by atoms with E-state index in [1.807, 2.05) is 13.8 Å². The summed E-state index contributed by atoms with van der Waals surface area (Å²) in [6, 6.07) is 0. The van der Waals surface area contributed by atoms with Gasteiger partial charge in [-0.2, -0.15) is 0 Å². The number of carbonyl (C=O) groups is 1. The number of nitrogens with one attached hydrogen (secondary N) is 1. The van der Waals surface area contributed by atoms with Crippen molar-refractivity contribution in [2.24, 2.45) is 11.8 Å². The van der Waals surface area contributed by atoms with Crippen LogP contribution in [0.15, 0.2) is 0 Å². The van der Waals surface area contributed by atoms with Crippen LogP contribution < -0.4 is 5.32 Å². The van der Waals surface area contributed by atoms with Crippen LogP contribution in [-0.2, 0) is 4.79 Å². The molecule has 1 fully saturated rings. The zero-order valence-electron chi connectivity index (χ0n) is 11.0. The Morgan fingerprint density at radius 1 is 1.25 bits per heavy atom. The van der Waals surface area contributed by atoms with Crippen molar-refractivity contribution in [2.75, 3.05) is 13.1 Å². The first-order chi connectivity index (χ1) is 7.74. The van der Waals surface area contributed by atoms with Crippen molar-refractivity contribution in [3.8, 4) is 0 Å². The van der Waals surface area contributed by atoms with Gasteiger partial charge < -0.3 is 10.4 Å². The minimum Gasteiger partial charge on any atom is -0.481 e. The van der Waals surface area contributed by atoms with Crippen LogP contribution in [0.1, 0.15) is 52.9 Å². The summed E-state index contributed by atoms with van der Waals surface area (Å²) in [6.45, 7) is 8.31. The Kier molecular flexibility index (Phi) is 9.30. The molecule has 0 bridgehead atoms. The molecule has 1 aliphatic rings. The lowest BCUT2D eigenvalue weighted by atomic mass is 9.82. The normalized spacial score (nSPS) is 24.4. The molecule has 0 radical (unpaired) electrons. The van der Waals surface area contributed by atoms with Gasteiger partial charge in [-0.15, -0.1) is 0 Å². The van der Waals surface area contributed by atoms with Crippen LogP contribution in [0.25, 0.3) is 0 Å². The molecule has 3 heteroatoms. The molecule has 0 aromatic rings. The fourth-order valence-electron chi connectivity index (χ4n) is 2.10. The average Bonchev–Trinajstić information content (AvgIpc) is 2.33. The van der Waals surface area contributed by atoms with E-state index in [0.717, 1.165) is 38.8 Å². The number of hydrogen-bond donors (Lipinski definition) is 2. The summed E-state index contributed by atoms with van der Waals surface area (Å²) in [6.07, 6.45) is 5.06. The maximum absolute atomic E-state index is 10.7. The SMILES string of the molecule is CC.CCCNCC1CCC(C(=O)O)CC1. The highest BCUT2D eigenvalue weighted by Crippen LogP contribution is 2.28. The third-order valence-corrected chi connectivity index (χ3v) is 3.06. The topological polar surface area (TPSA) is 49.3 Å². The molecule has 2 N–H and O–H groups in total. The minimum absolute atomic E-state index is 0.0718. The van der Waals surface area contributed by atoms with E-state index in [9.17, 15) is 4.79 Å². The Morgan fingerprint density at radius 3 is 2.25 bits per heavy atom. The van der Waals surface area contributed by atoms with Crippen LogP contribution in [-0.4, -0.2) is 24.2 Å². The molecule has 0 aliphatic heterocycles. The molecule has 3 nitrogen and oxygen atoms in total. The molecular formula is C13H27NO2. The lowest BCUT2D eigenvalue weighted by molar-refractivity contribution is -0.143. The molecule has 1 saturated carbocycles. The van der Waals surface area contributed by atoms with Crippen molar-refractivity contribution in [1.82, 2.24) is 5.32 Å². The molecule has 96 valence electrons. The van der Waals surface area contributed by atoms with Crippen molar-refractivity contribution in [1.29, 1.82) is 0 Å². The van der Waals surface area contributed by atoms with Crippen molar-refractivity contribution in [2.45, 2.75) is 52.9 Å². The van der Waals surface area contributed by atoms with E-state index in [2.05, 4.69) is 12.2 Å². The summed E-state index contributed by atoms with van der Waals surface area (Å²) in [7, 11) is 0. The van der Waals surface area contributed by atoms with Crippen LogP contribution in [0.3, 0.4) is 0 Å². The summed E-state index contributed by atoms with van der Waals surface area (Å²) in [5.41, 5.74) is 0. The Morgan fingerprint density at radius 2 is 1.81 bits per heavy atom. The Balaban J connectivity index is 0.00000106. The van der Waals surface area contributed by atoms with Crippen LogP contribution in [0, 0.1) is 11.8 Å². The third kappa shape index (κ3) is 6.11. The quantitative estimate of drug-likeness (QED) is 0.713.